The minimum absolute atomic E-state index is 0.0998. The largest absolute Gasteiger partial charge is 0.300 e. The van der Waals surface area contributed by atoms with E-state index in [4.69, 9.17) is 0 Å². The lowest BCUT2D eigenvalue weighted by Gasteiger charge is -2.24. The molecule has 2 rings (SSSR count). The van der Waals surface area contributed by atoms with E-state index >= 15 is 0 Å². The summed E-state index contributed by atoms with van der Waals surface area (Å²) in [6.45, 7) is 0. The van der Waals surface area contributed by atoms with Crippen LogP contribution in [0.4, 0.5) is 8.78 Å². The molecule has 98 valence electrons. The van der Waals surface area contributed by atoms with Crippen molar-refractivity contribution in [2.24, 2.45) is 0 Å². The van der Waals surface area contributed by atoms with E-state index in [0.717, 1.165) is 5.56 Å². The fraction of sp³-hybridized carbons (Fsp3) is 0.417. The molecule has 0 unspecified atom stereocenters. The van der Waals surface area contributed by atoms with Gasteiger partial charge in [-0.05, 0) is 23.6 Å². The van der Waals surface area contributed by atoms with Crippen molar-refractivity contribution in [1.29, 1.82) is 0 Å². The first-order valence-corrected chi connectivity index (χ1v) is 7.16. The Morgan fingerprint density at radius 2 is 1.72 bits per heavy atom. The molecule has 1 aromatic rings. The molecule has 1 aliphatic rings. The number of hydrogen-bond acceptors (Lipinski definition) is 3. The maximum absolute atomic E-state index is 12.1. The van der Waals surface area contributed by atoms with Gasteiger partial charge in [-0.15, -0.1) is 0 Å². The van der Waals surface area contributed by atoms with Crippen LogP contribution in [-0.4, -0.2) is 26.4 Å². The molecular weight excluding hydrogens is 262 g/mol. The lowest BCUT2D eigenvalue weighted by Crippen LogP contribution is -2.21. The van der Waals surface area contributed by atoms with Gasteiger partial charge in [0.2, 0.25) is 0 Å². The molecule has 0 spiro atoms. The summed E-state index contributed by atoms with van der Waals surface area (Å²) >= 11 is 0. The van der Waals surface area contributed by atoms with Crippen molar-refractivity contribution >= 4 is 15.6 Å². The van der Waals surface area contributed by atoms with Gasteiger partial charge in [0.15, 0.2) is 9.84 Å². The first kappa shape index (κ1) is 13.1. The molecule has 0 aliphatic heterocycles. The van der Waals surface area contributed by atoms with E-state index in [1.54, 1.807) is 12.1 Å². The average Bonchev–Trinajstić information content (AvgIpc) is 2.23. The van der Waals surface area contributed by atoms with Crippen LogP contribution >= 0.6 is 0 Å². The topological polar surface area (TPSA) is 51.2 Å². The summed E-state index contributed by atoms with van der Waals surface area (Å²) in [5.41, 5.74) is 0.880. The van der Waals surface area contributed by atoms with E-state index in [2.05, 4.69) is 0 Å². The molecule has 0 amide bonds. The molecule has 0 aromatic heterocycles. The number of ketones is 1. The SMILES string of the molecule is O=C1CC(c2ccc(S(=O)(=O)CC(F)F)cc2)C1. The van der Waals surface area contributed by atoms with Gasteiger partial charge >= 0.3 is 0 Å². The summed E-state index contributed by atoms with van der Waals surface area (Å²) in [6.07, 6.45) is -1.93. The Balaban J connectivity index is 2.15. The zero-order valence-electron chi connectivity index (χ0n) is 9.47. The first-order chi connectivity index (χ1) is 8.38. The third kappa shape index (κ3) is 2.75. The van der Waals surface area contributed by atoms with Crippen molar-refractivity contribution in [3.05, 3.63) is 29.8 Å². The highest BCUT2D eigenvalue weighted by Gasteiger charge is 2.28. The molecule has 0 saturated heterocycles. The number of carbonyl (C=O) groups excluding carboxylic acids is 1. The minimum atomic E-state index is -3.92. The van der Waals surface area contributed by atoms with E-state index in [1.165, 1.54) is 12.1 Å². The molecule has 1 fully saturated rings. The number of sulfone groups is 1. The number of benzene rings is 1. The smallest absolute Gasteiger partial charge is 0.252 e. The van der Waals surface area contributed by atoms with Crippen molar-refractivity contribution < 1.29 is 22.0 Å². The van der Waals surface area contributed by atoms with Crippen LogP contribution in [0.5, 0.6) is 0 Å². The second-order valence-corrected chi connectivity index (χ2v) is 6.42. The number of rotatable bonds is 4. The number of hydrogen-bond donors (Lipinski definition) is 0. The highest BCUT2D eigenvalue weighted by molar-refractivity contribution is 7.91. The van der Waals surface area contributed by atoms with Crippen LogP contribution in [0.3, 0.4) is 0 Å². The third-order valence-corrected chi connectivity index (χ3v) is 4.69. The number of Topliss-reactive ketones (excluding diaryl/α,β-unsaturated/α-hetero) is 1. The highest BCUT2D eigenvalue weighted by atomic mass is 32.2. The van der Waals surface area contributed by atoms with Crippen molar-refractivity contribution in [2.75, 3.05) is 5.75 Å². The van der Waals surface area contributed by atoms with E-state index in [0.29, 0.717) is 12.8 Å². The van der Waals surface area contributed by atoms with Gasteiger partial charge in [0.25, 0.3) is 6.43 Å². The van der Waals surface area contributed by atoms with Crippen molar-refractivity contribution in [2.45, 2.75) is 30.1 Å². The molecule has 18 heavy (non-hydrogen) atoms. The van der Waals surface area contributed by atoms with Crippen LogP contribution in [-0.2, 0) is 14.6 Å². The van der Waals surface area contributed by atoms with Gasteiger partial charge in [-0.25, -0.2) is 17.2 Å². The molecule has 0 heterocycles. The highest BCUT2D eigenvalue weighted by Crippen LogP contribution is 2.33. The zero-order valence-corrected chi connectivity index (χ0v) is 10.3. The summed E-state index contributed by atoms with van der Waals surface area (Å²) in [4.78, 5) is 10.8. The third-order valence-electron chi connectivity index (χ3n) is 3.00. The Morgan fingerprint density at radius 3 is 2.17 bits per heavy atom. The second-order valence-electron chi connectivity index (χ2n) is 4.39. The maximum Gasteiger partial charge on any atom is 0.252 e. The van der Waals surface area contributed by atoms with Crippen LogP contribution in [0.15, 0.2) is 29.2 Å². The normalized spacial score (nSPS) is 16.9. The molecule has 0 atom stereocenters. The standard InChI is InChI=1S/C12H12F2O3S/c13-12(14)7-18(16,17)11-3-1-8(2-4-11)9-5-10(15)6-9/h1-4,9,12H,5-7H2. The lowest BCUT2D eigenvalue weighted by atomic mass is 9.79. The average molecular weight is 274 g/mol. The summed E-state index contributed by atoms with van der Waals surface area (Å²) in [7, 11) is -3.92. The van der Waals surface area contributed by atoms with Crippen LogP contribution in [0.2, 0.25) is 0 Å². The summed E-state index contributed by atoms with van der Waals surface area (Å²) in [5, 5.41) is 0. The van der Waals surface area contributed by atoms with Crippen LogP contribution < -0.4 is 0 Å². The van der Waals surface area contributed by atoms with Crippen LogP contribution in [0.25, 0.3) is 0 Å². The van der Waals surface area contributed by atoms with Gasteiger partial charge in [-0.3, -0.25) is 4.79 Å². The fourth-order valence-corrected chi connectivity index (χ4v) is 3.01. The van der Waals surface area contributed by atoms with Crippen molar-refractivity contribution in [1.82, 2.24) is 0 Å². The first-order valence-electron chi connectivity index (χ1n) is 5.51. The maximum atomic E-state index is 12.1. The van der Waals surface area contributed by atoms with Crippen molar-refractivity contribution in [3.8, 4) is 0 Å². The summed E-state index contributed by atoms with van der Waals surface area (Å²) in [6, 6.07) is 5.84. The van der Waals surface area contributed by atoms with Crippen molar-refractivity contribution in [3.63, 3.8) is 0 Å². The Hall–Kier alpha value is -1.30. The molecular formula is C12H12F2O3S. The lowest BCUT2D eigenvalue weighted by molar-refractivity contribution is -0.124. The quantitative estimate of drug-likeness (QED) is 0.845. The van der Waals surface area contributed by atoms with E-state index in [1.807, 2.05) is 0 Å². The van der Waals surface area contributed by atoms with E-state index in [9.17, 15) is 22.0 Å². The fourth-order valence-electron chi connectivity index (χ4n) is 1.93. The molecule has 6 heteroatoms. The number of carbonyl (C=O) groups is 1. The van der Waals surface area contributed by atoms with Gasteiger partial charge in [0, 0.05) is 12.8 Å². The number of alkyl halides is 2. The molecule has 0 N–H and O–H groups in total. The predicted molar refractivity (Wildman–Crippen MR) is 61.5 cm³/mol. The Bertz CT molecular complexity index is 541. The zero-order chi connectivity index (χ0) is 13.3. The Labute approximate surface area is 104 Å². The van der Waals surface area contributed by atoms with Crippen LogP contribution in [0, 0.1) is 0 Å². The molecule has 0 bridgehead atoms. The summed E-state index contributed by atoms with van der Waals surface area (Å²) in [5.74, 6) is -0.826. The van der Waals surface area contributed by atoms with Gasteiger partial charge in [-0.2, -0.15) is 0 Å². The van der Waals surface area contributed by atoms with E-state index < -0.39 is 22.0 Å². The Kier molecular flexibility index (Phi) is 3.47. The molecule has 1 aliphatic carbocycles. The second kappa shape index (κ2) is 4.76. The molecule has 0 radical (unpaired) electrons. The molecule has 1 aromatic carbocycles. The molecule has 3 nitrogen and oxygen atoms in total. The minimum Gasteiger partial charge on any atom is -0.300 e. The molecule has 1 saturated carbocycles. The van der Waals surface area contributed by atoms with Gasteiger partial charge in [0.05, 0.1) is 4.90 Å². The van der Waals surface area contributed by atoms with Gasteiger partial charge < -0.3 is 0 Å². The predicted octanol–water partition coefficient (Wildman–Crippen LogP) is 2.17. The Morgan fingerprint density at radius 1 is 1.17 bits per heavy atom. The number of halogens is 2. The monoisotopic (exact) mass is 274 g/mol. The van der Waals surface area contributed by atoms with Gasteiger partial charge in [-0.1, -0.05) is 12.1 Å². The summed E-state index contributed by atoms with van der Waals surface area (Å²) < 4.78 is 47.3. The van der Waals surface area contributed by atoms with Gasteiger partial charge in [0.1, 0.15) is 11.5 Å². The van der Waals surface area contributed by atoms with E-state index in [-0.39, 0.29) is 16.6 Å². The van der Waals surface area contributed by atoms with Crippen LogP contribution in [0.1, 0.15) is 24.3 Å².